The van der Waals surface area contributed by atoms with Crippen LogP contribution in [0.5, 0.6) is 0 Å². The minimum atomic E-state index is -0.169. The van der Waals surface area contributed by atoms with Crippen molar-refractivity contribution in [2.75, 3.05) is 23.8 Å². The molecule has 35 heavy (non-hydrogen) atoms. The number of aromatic nitrogens is 2. The van der Waals surface area contributed by atoms with Crippen LogP contribution in [-0.4, -0.2) is 52.0 Å². The Kier molecular flexibility index (Phi) is 6.81. The molecule has 3 aliphatic heterocycles. The van der Waals surface area contributed by atoms with Gasteiger partial charge in [-0.3, -0.25) is 9.52 Å². The second kappa shape index (κ2) is 9.85. The van der Waals surface area contributed by atoms with Crippen LogP contribution >= 0.6 is 27.9 Å². The van der Waals surface area contributed by atoms with Gasteiger partial charge in [-0.1, -0.05) is 18.2 Å². The van der Waals surface area contributed by atoms with Crippen LogP contribution < -0.4 is 14.9 Å². The standard InChI is InChI=1S/C26H31BrN6OS/c1-26(2)15-17-10-12-19(20-7-4-5-14-32(20)3)28-22-8-6-9-23(30-22)35-31-25(34)18-11-13-21(27)29-24(18)33(26)16-17/h4-9,11,13-14,17,19-20H,10,12,15-16H2,1-3H3,(H,28,30)(H,31,34)/t17-,19+,20?/m0/s1. The molecule has 2 N–H and O–H groups in total. The number of carbonyl (C=O) groups is 1. The minimum Gasteiger partial charge on any atom is -0.372 e. The zero-order valence-corrected chi connectivity index (χ0v) is 22.6. The Morgan fingerprint density at radius 1 is 1.14 bits per heavy atom. The molecular weight excluding hydrogens is 524 g/mol. The largest absolute Gasteiger partial charge is 0.372 e. The summed E-state index contributed by atoms with van der Waals surface area (Å²) in [5, 5.41) is 4.44. The molecule has 0 aromatic carbocycles. The monoisotopic (exact) mass is 554 g/mol. The molecule has 1 saturated heterocycles. The molecule has 3 atom stereocenters. The second-order valence-corrected chi connectivity index (χ2v) is 11.7. The lowest BCUT2D eigenvalue weighted by atomic mass is 9.90. The van der Waals surface area contributed by atoms with Crippen LogP contribution in [-0.2, 0) is 0 Å². The number of hydrogen-bond donors (Lipinski definition) is 2. The molecule has 9 heteroatoms. The maximum absolute atomic E-state index is 13.3. The van der Waals surface area contributed by atoms with Gasteiger partial charge >= 0.3 is 0 Å². The number of amides is 1. The van der Waals surface area contributed by atoms with Gasteiger partial charge in [0, 0.05) is 31.1 Å². The average molecular weight is 556 g/mol. The van der Waals surface area contributed by atoms with E-state index in [9.17, 15) is 4.79 Å². The lowest BCUT2D eigenvalue weighted by Crippen LogP contribution is -2.43. The Bertz CT molecular complexity index is 1170. The summed E-state index contributed by atoms with van der Waals surface area (Å²) in [5.41, 5.74) is 0.480. The van der Waals surface area contributed by atoms with Crippen molar-refractivity contribution in [3.8, 4) is 0 Å². The van der Waals surface area contributed by atoms with Crippen LogP contribution in [0.15, 0.2) is 64.4 Å². The summed E-state index contributed by atoms with van der Waals surface area (Å²) in [6.45, 7) is 5.38. The van der Waals surface area contributed by atoms with E-state index in [-0.39, 0.29) is 23.5 Å². The first-order valence-corrected chi connectivity index (χ1v) is 13.6. The number of halogens is 1. The normalized spacial score (nSPS) is 25.8. The topological polar surface area (TPSA) is 73.4 Å². The first-order valence-electron chi connectivity index (χ1n) is 12.0. The second-order valence-electron chi connectivity index (χ2n) is 10.1. The van der Waals surface area contributed by atoms with E-state index in [1.54, 1.807) is 0 Å². The third-order valence-electron chi connectivity index (χ3n) is 7.12. The van der Waals surface area contributed by atoms with E-state index in [1.165, 1.54) is 11.9 Å². The molecule has 0 aliphatic carbocycles. The highest BCUT2D eigenvalue weighted by Crippen LogP contribution is 2.40. The minimum absolute atomic E-state index is 0.100. The van der Waals surface area contributed by atoms with E-state index in [1.807, 2.05) is 30.3 Å². The smallest absolute Gasteiger partial charge is 0.265 e. The Morgan fingerprint density at radius 3 is 2.83 bits per heavy atom. The van der Waals surface area contributed by atoms with Crippen LogP contribution in [0, 0.1) is 5.92 Å². The number of allylic oxidation sites excluding steroid dienone is 2. The van der Waals surface area contributed by atoms with E-state index in [4.69, 9.17) is 9.97 Å². The zero-order chi connectivity index (χ0) is 24.6. The van der Waals surface area contributed by atoms with Crippen molar-refractivity contribution in [2.45, 2.75) is 55.8 Å². The summed E-state index contributed by atoms with van der Waals surface area (Å²) in [4.78, 5) is 27.4. The van der Waals surface area contributed by atoms with Crippen molar-refractivity contribution >= 4 is 45.4 Å². The lowest BCUT2D eigenvalue weighted by Gasteiger charge is -2.35. The van der Waals surface area contributed by atoms with E-state index in [0.717, 1.165) is 47.1 Å². The summed E-state index contributed by atoms with van der Waals surface area (Å²) in [6.07, 6.45) is 11.7. The van der Waals surface area contributed by atoms with Gasteiger partial charge in [0.1, 0.15) is 21.3 Å². The number of fused-ring (bicyclic) bond motifs is 6. The van der Waals surface area contributed by atoms with Crippen LogP contribution in [0.3, 0.4) is 0 Å². The molecule has 2 aromatic rings. The van der Waals surface area contributed by atoms with Gasteiger partial charge in [-0.05, 0) is 91.5 Å². The van der Waals surface area contributed by atoms with Crippen LogP contribution in [0.1, 0.15) is 43.5 Å². The molecule has 2 aromatic heterocycles. The SMILES string of the molecule is CN1C=CC=CC1[C@H]1CC[C@@H]2CN(c3nc(Br)ccc3C(=O)NSc3cccc(n3)N1)C(C)(C)C2. The highest BCUT2D eigenvalue weighted by Gasteiger charge is 2.41. The van der Waals surface area contributed by atoms with Crippen LogP contribution in [0.4, 0.5) is 11.6 Å². The van der Waals surface area contributed by atoms with E-state index in [2.05, 4.69) is 81.1 Å². The van der Waals surface area contributed by atoms with Gasteiger partial charge < -0.3 is 15.1 Å². The number of nitrogens with one attached hydrogen (secondary N) is 2. The van der Waals surface area contributed by atoms with Crippen molar-refractivity contribution in [1.29, 1.82) is 0 Å². The fourth-order valence-electron chi connectivity index (χ4n) is 5.42. The summed E-state index contributed by atoms with van der Waals surface area (Å²) >= 11 is 4.75. The quantitative estimate of drug-likeness (QED) is 0.369. The Morgan fingerprint density at radius 2 is 2.00 bits per heavy atom. The van der Waals surface area contributed by atoms with E-state index >= 15 is 0 Å². The van der Waals surface area contributed by atoms with Gasteiger partial charge in [0.05, 0.1) is 17.6 Å². The average Bonchev–Trinajstić information content (AvgIpc) is 3.14. The molecular formula is C26H31BrN6OS. The summed E-state index contributed by atoms with van der Waals surface area (Å²) in [7, 11) is 2.12. The molecule has 5 heterocycles. The molecule has 184 valence electrons. The summed E-state index contributed by atoms with van der Waals surface area (Å²) in [6, 6.07) is 9.99. The molecule has 1 amide bonds. The number of likely N-dealkylation sites (N-methyl/N-ethyl adjacent to an activating group) is 1. The van der Waals surface area contributed by atoms with Gasteiger partial charge in [0.2, 0.25) is 0 Å². The van der Waals surface area contributed by atoms with Gasteiger partial charge in [0.25, 0.3) is 5.91 Å². The number of hydrogen-bond acceptors (Lipinski definition) is 7. The Balaban J connectivity index is 1.51. The molecule has 0 saturated carbocycles. The predicted octanol–water partition coefficient (Wildman–Crippen LogP) is 5.24. The first-order chi connectivity index (χ1) is 16.8. The molecule has 1 unspecified atom stereocenters. The Hall–Kier alpha value is -2.52. The number of anilines is 2. The first kappa shape index (κ1) is 24.2. The molecule has 7 nitrogen and oxygen atoms in total. The Labute approximate surface area is 219 Å². The van der Waals surface area contributed by atoms with Crippen molar-refractivity contribution < 1.29 is 4.79 Å². The van der Waals surface area contributed by atoms with E-state index < -0.39 is 0 Å². The van der Waals surface area contributed by atoms with Gasteiger partial charge in [0.15, 0.2) is 0 Å². The fraction of sp³-hybridized carbons (Fsp3) is 0.423. The van der Waals surface area contributed by atoms with Gasteiger partial charge in [-0.25, -0.2) is 9.97 Å². The number of carbonyl (C=O) groups excluding carboxylic acids is 1. The maximum atomic E-state index is 13.3. The molecule has 3 aliphatic rings. The van der Waals surface area contributed by atoms with Gasteiger partial charge in [-0.2, -0.15) is 0 Å². The van der Waals surface area contributed by atoms with Crippen molar-refractivity contribution in [3.05, 3.63) is 64.9 Å². The lowest BCUT2D eigenvalue weighted by molar-refractivity contribution is 0.0984. The molecule has 0 radical (unpaired) electrons. The molecule has 5 rings (SSSR count). The fourth-order valence-corrected chi connectivity index (χ4v) is 6.31. The zero-order valence-electron chi connectivity index (χ0n) is 20.2. The van der Waals surface area contributed by atoms with Gasteiger partial charge in [-0.15, -0.1) is 0 Å². The maximum Gasteiger partial charge on any atom is 0.265 e. The number of rotatable bonds is 1. The van der Waals surface area contributed by atoms with E-state index in [0.29, 0.717) is 11.5 Å². The summed E-state index contributed by atoms with van der Waals surface area (Å²) in [5.74, 6) is 1.88. The van der Waals surface area contributed by atoms with Crippen LogP contribution in [0.2, 0.25) is 0 Å². The summed E-state index contributed by atoms with van der Waals surface area (Å²) < 4.78 is 3.71. The number of nitrogens with zero attached hydrogens (tertiary/aromatic N) is 4. The van der Waals surface area contributed by atoms with Crippen LogP contribution in [0.25, 0.3) is 0 Å². The van der Waals surface area contributed by atoms with Crippen molar-refractivity contribution in [3.63, 3.8) is 0 Å². The third-order valence-corrected chi connectivity index (χ3v) is 8.28. The highest BCUT2D eigenvalue weighted by molar-refractivity contribution is 9.10. The van der Waals surface area contributed by atoms with Crippen molar-refractivity contribution in [2.24, 2.45) is 5.92 Å². The molecule has 4 bridgehead atoms. The molecule has 1 fully saturated rings. The third kappa shape index (κ3) is 5.21. The predicted molar refractivity (Wildman–Crippen MR) is 146 cm³/mol. The number of pyridine rings is 2. The molecule has 0 spiro atoms. The van der Waals surface area contributed by atoms with Crippen molar-refractivity contribution in [1.82, 2.24) is 19.6 Å². The highest BCUT2D eigenvalue weighted by atomic mass is 79.9.